The number of H-pyrrole nitrogens is 1. The Balaban J connectivity index is 1.31. The number of oxazole rings is 1. The number of amides is 2. The van der Waals surface area contributed by atoms with Gasteiger partial charge in [-0.3, -0.25) is 14.6 Å². The van der Waals surface area contributed by atoms with Crippen molar-refractivity contribution < 1.29 is 14.0 Å². The van der Waals surface area contributed by atoms with Crippen molar-refractivity contribution in [3.8, 4) is 0 Å². The SMILES string of the molecule is O=C(Nc1ccc2oc(=O)[nH]c2c1)C1CCN(C(=O)/C=C/c2ccccc2)CC1. The number of fused-ring (bicyclic) bond motifs is 1. The highest BCUT2D eigenvalue weighted by Crippen LogP contribution is 2.21. The van der Waals surface area contributed by atoms with Gasteiger partial charge in [0.2, 0.25) is 11.8 Å². The third-order valence-corrected chi connectivity index (χ3v) is 5.08. The molecule has 0 atom stereocenters. The molecular weight excluding hydrogens is 370 g/mol. The smallest absolute Gasteiger partial charge is 0.408 e. The first-order chi connectivity index (χ1) is 14.1. The van der Waals surface area contributed by atoms with Gasteiger partial charge in [0.1, 0.15) is 0 Å². The lowest BCUT2D eigenvalue weighted by Gasteiger charge is -2.30. The summed E-state index contributed by atoms with van der Waals surface area (Å²) in [5, 5.41) is 2.88. The monoisotopic (exact) mass is 391 g/mol. The van der Waals surface area contributed by atoms with Gasteiger partial charge < -0.3 is 14.6 Å². The maximum atomic E-state index is 12.6. The molecule has 0 spiro atoms. The van der Waals surface area contributed by atoms with Crippen LogP contribution < -0.4 is 11.1 Å². The molecule has 0 aliphatic carbocycles. The Morgan fingerprint density at radius 2 is 1.86 bits per heavy atom. The maximum Gasteiger partial charge on any atom is 0.417 e. The average Bonchev–Trinajstić information content (AvgIpc) is 3.12. The van der Waals surface area contributed by atoms with Crippen LogP contribution in [0.15, 0.2) is 63.8 Å². The summed E-state index contributed by atoms with van der Waals surface area (Å²) in [5.41, 5.74) is 2.57. The lowest BCUT2D eigenvalue weighted by molar-refractivity contribution is -0.130. The van der Waals surface area contributed by atoms with E-state index in [9.17, 15) is 14.4 Å². The zero-order chi connectivity index (χ0) is 20.2. The highest BCUT2D eigenvalue weighted by atomic mass is 16.4. The zero-order valence-electron chi connectivity index (χ0n) is 15.8. The van der Waals surface area contributed by atoms with E-state index >= 15 is 0 Å². The number of aromatic amines is 1. The van der Waals surface area contributed by atoms with Crippen LogP contribution in [0.25, 0.3) is 17.2 Å². The fourth-order valence-electron chi connectivity index (χ4n) is 3.47. The van der Waals surface area contributed by atoms with Gasteiger partial charge in [-0.25, -0.2) is 4.79 Å². The molecule has 2 heterocycles. The van der Waals surface area contributed by atoms with Crippen molar-refractivity contribution in [1.29, 1.82) is 0 Å². The Kier molecular flexibility index (Phi) is 5.29. The number of aromatic nitrogens is 1. The summed E-state index contributed by atoms with van der Waals surface area (Å²) < 4.78 is 4.96. The highest BCUT2D eigenvalue weighted by molar-refractivity contribution is 5.95. The summed E-state index contributed by atoms with van der Waals surface area (Å²) in [6.45, 7) is 1.09. The second kappa shape index (κ2) is 8.18. The number of hydrogen-bond donors (Lipinski definition) is 2. The van der Waals surface area contributed by atoms with E-state index in [4.69, 9.17) is 4.42 Å². The zero-order valence-corrected chi connectivity index (χ0v) is 15.8. The molecule has 2 N–H and O–H groups in total. The molecule has 4 rings (SSSR count). The number of anilines is 1. The summed E-state index contributed by atoms with van der Waals surface area (Å²) in [6.07, 6.45) is 4.61. The Bertz CT molecular complexity index is 1110. The van der Waals surface area contributed by atoms with Crippen molar-refractivity contribution >= 4 is 34.7 Å². The predicted molar refractivity (Wildman–Crippen MR) is 110 cm³/mol. The largest absolute Gasteiger partial charge is 0.417 e. The van der Waals surface area contributed by atoms with Gasteiger partial charge in [0, 0.05) is 30.8 Å². The lowest BCUT2D eigenvalue weighted by Crippen LogP contribution is -2.40. The second-order valence-corrected chi connectivity index (χ2v) is 7.06. The first-order valence-corrected chi connectivity index (χ1v) is 9.54. The molecule has 1 aromatic heterocycles. The average molecular weight is 391 g/mol. The second-order valence-electron chi connectivity index (χ2n) is 7.06. The topological polar surface area (TPSA) is 95.4 Å². The molecule has 7 heteroatoms. The van der Waals surface area contributed by atoms with Gasteiger partial charge in [-0.2, -0.15) is 0 Å². The highest BCUT2D eigenvalue weighted by Gasteiger charge is 2.26. The van der Waals surface area contributed by atoms with Crippen molar-refractivity contribution in [2.24, 2.45) is 5.92 Å². The Morgan fingerprint density at radius 3 is 2.62 bits per heavy atom. The Hall–Kier alpha value is -3.61. The molecule has 3 aromatic rings. The van der Waals surface area contributed by atoms with E-state index < -0.39 is 5.76 Å². The molecular formula is C22H21N3O4. The van der Waals surface area contributed by atoms with E-state index in [0.717, 1.165) is 5.56 Å². The number of piperidine rings is 1. The number of carbonyl (C=O) groups excluding carboxylic acids is 2. The molecule has 2 aromatic carbocycles. The molecule has 7 nitrogen and oxygen atoms in total. The van der Waals surface area contributed by atoms with Crippen LogP contribution >= 0.6 is 0 Å². The molecule has 1 aliphatic rings. The van der Waals surface area contributed by atoms with Crippen LogP contribution in [0.3, 0.4) is 0 Å². The fourth-order valence-corrected chi connectivity index (χ4v) is 3.47. The molecule has 2 amide bonds. The molecule has 0 radical (unpaired) electrons. The number of likely N-dealkylation sites (tertiary alicyclic amines) is 1. The summed E-state index contributed by atoms with van der Waals surface area (Å²) in [7, 11) is 0. The first kappa shape index (κ1) is 18.7. The van der Waals surface area contributed by atoms with Crippen molar-refractivity contribution in [1.82, 2.24) is 9.88 Å². The van der Waals surface area contributed by atoms with Crippen LogP contribution in [-0.4, -0.2) is 34.8 Å². The number of nitrogens with zero attached hydrogens (tertiary/aromatic N) is 1. The van der Waals surface area contributed by atoms with E-state index in [-0.39, 0.29) is 17.7 Å². The van der Waals surface area contributed by atoms with Gasteiger partial charge in [-0.15, -0.1) is 0 Å². The number of nitrogens with one attached hydrogen (secondary N) is 2. The Morgan fingerprint density at radius 1 is 1.10 bits per heavy atom. The van der Waals surface area contributed by atoms with Gasteiger partial charge >= 0.3 is 5.76 Å². The van der Waals surface area contributed by atoms with Gasteiger partial charge in [0.05, 0.1) is 5.52 Å². The van der Waals surface area contributed by atoms with Crippen LogP contribution in [0, 0.1) is 5.92 Å². The number of carbonyl (C=O) groups is 2. The number of hydrogen-bond acceptors (Lipinski definition) is 4. The fraction of sp³-hybridized carbons (Fsp3) is 0.227. The first-order valence-electron chi connectivity index (χ1n) is 9.54. The molecule has 0 bridgehead atoms. The minimum atomic E-state index is -0.526. The summed E-state index contributed by atoms with van der Waals surface area (Å²) in [5.74, 6) is -0.803. The summed E-state index contributed by atoms with van der Waals surface area (Å²) in [6, 6.07) is 14.7. The van der Waals surface area contributed by atoms with Crippen LogP contribution in [0.2, 0.25) is 0 Å². The predicted octanol–water partition coefficient (Wildman–Crippen LogP) is 3.01. The maximum absolute atomic E-state index is 12.6. The quantitative estimate of drug-likeness (QED) is 0.669. The lowest BCUT2D eigenvalue weighted by atomic mass is 9.95. The molecule has 0 saturated carbocycles. The van der Waals surface area contributed by atoms with Crippen molar-refractivity contribution in [3.63, 3.8) is 0 Å². The normalized spacial score (nSPS) is 15.1. The van der Waals surface area contributed by atoms with Gasteiger partial charge in [-0.1, -0.05) is 30.3 Å². The minimum Gasteiger partial charge on any atom is -0.408 e. The molecule has 29 heavy (non-hydrogen) atoms. The Labute approximate surface area is 167 Å². The van der Waals surface area contributed by atoms with E-state index in [1.165, 1.54) is 0 Å². The van der Waals surface area contributed by atoms with Crippen LogP contribution in [0.4, 0.5) is 5.69 Å². The van der Waals surface area contributed by atoms with E-state index in [0.29, 0.717) is 42.7 Å². The van der Waals surface area contributed by atoms with Crippen molar-refractivity contribution in [2.75, 3.05) is 18.4 Å². The summed E-state index contributed by atoms with van der Waals surface area (Å²) >= 11 is 0. The van der Waals surface area contributed by atoms with E-state index in [1.807, 2.05) is 30.3 Å². The molecule has 1 saturated heterocycles. The number of benzene rings is 2. The van der Waals surface area contributed by atoms with Crippen LogP contribution in [-0.2, 0) is 9.59 Å². The summed E-state index contributed by atoms with van der Waals surface area (Å²) in [4.78, 5) is 40.5. The third-order valence-electron chi connectivity index (χ3n) is 5.08. The van der Waals surface area contributed by atoms with Gasteiger partial charge in [-0.05, 0) is 42.7 Å². The van der Waals surface area contributed by atoms with Crippen LogP contribution in [0.5, 0.6) is 0 Å². The molecule has 148 valence electrons. The molecule has 1 aliphatic heterocycles. The van der Waals surface area contributed by atoms with Gasteiger partial charge in [0.25, 0.3) is 0 Å². The molecule has 0 unspecified atom stereocenters. The van der Waals surface area contributed by atoms with Crippen molar-refractivity contribution in [2.45, 2.75) is 12.8 Å². The molecule has 1 fully saturated rings. The minimum absolute atomic E-state index is 0.0397. The van der Waals surface area contributed by atoms with E-state index in [1.54, 1.807) is 35.3 Å². The van der Waals surface area contributed by atoms with Crippen LogP contribution in [0.1, 0.15) is 18.4 Å². The third kappa shape index (κ3) is 4.45. The number of rotatable bonds is 4. The van der Waals surface area contributed by atoms with Crippen molar-refractivity contribution in [3.05, 3.63) is 70.7 Å². The standard InChI is InChI=1S/C22H21N3O4/c26-20(9-6-15-4-2-1-3-5-15)25-12-10-16(11-13-25)21(27)23-17-7-8-19-18(14-17)24-22(28)29-19/h1-9,14,16H,10-13H2,(H,23,27)(H,24,28)/b9-6+. The van der Waals surface area contributed by atoms with E-state index in [2.05, 4.69) is 10.3 Å². The van der Waals surface area contributed by atoms with Gasteiger partial charge in [0.15, 0.2) is 5.58 Å².